The van der Waals surface area contributed by atoms with Gasteiger partial charge in [0.1, 0.15) is 0 Å². The monoisotopic (exact) mass is 652 g/mol. The zero-order valence-corrected chi connectivity index (χ0v) is 28.3. The van der Waals surface area contributed by atoms with Gasteiger partial charge < -0.3 is 24.8 Å². The number of halogens is 2. The van der Waals surface area contributed by atoms with Crippen LogP contribution in [0.3, 0.4) is 0 Å². The van der Waals surface area contributed by atoms with Crippen LogP contribution in [-0.2, 0) is 32.6 Å². The molecular formula is C36H32Cl2SiZr. The minimum Gasteiger partial charge on any atom is -1.00 e. The number of fused-ring (bicyclic) bond motifs is 5. The fourth-order valence-electron chi connectivity index (χ4n) is 6.18. The first-order chi connectivity index (χ1) is 18.2. The third kappa shape index (κ3) is 5.62. The molecule has 0 aromatic heterocycles. The van der Waals surface area contributed by atoms with E-state index in [9.17, 15) is 0 Å². The molecule has 0 saturated heterocycles. The second-order valence-electron chi connectivity index (χ2n) is 10.0. The molecule has 0 heterocycles. The van der Waals surface area contributed by atoms with Gasteiger partial charge >= 0.3 is 26.2 Å². The Balaban J connectivity index is 0.000000706. The van der Waals surface area contributed by atoms with Gasteiger partial charge in [-0.15, -0.1) is 16.7 Å². The summed E-state index contributed by atoms with van der Waals surface area (Å²) in [5, 5.41) is 2.61. The maximum atomic E-state index is 3.70. The minimum absolute atomic E-state index is 0. The minimum atomic E-state index is 0. The molecular weight excluding hydrogens is 623 g/mol. The van der Waals surface area contributed by atoms with Gasteiger partial charge in [-0.25, -0.2) is 0 Å². The van der Waals surface area contributed by atoms with Crippen molar-refractivity contribution in [2.24, 2.45) is 0 Å². The summed E-state index contributed by atoms with van der Waals surface area (Å²) in [5.41, 5.74) is 14.0. The van der Waals surface area contributed by atoms with Crippen molar-refractivity contribution in [3.05, 3.63) is 137 Å². The van der Waals surface area contributed by atoms with Gasteiger partial charge in [-0.1, -0.05) is 117 Å². The molecule has 2 radical (unpaired) electrons. The van der Waals surface area contributed by atoms with Gasteiger partial charge in [-0.3, -0.25) is 0 Å². The van der Waals surface area contributed by atoms with Gasteiger partial charge in [0.2, 0.25) is 0 Å². The van der Waals surface area contributed by atoms with Crippen molar-refractivity contribution in [2.45, 2.75) is 38.8 Å². The molecule has 0 nitrogen and oxygen atoms in total. The van der Waals surface area contributed by atoms with E-state index in [1.54, 1.807) is 0 Å². The third-order valence-electron chi connectivity index (χ3n) is 7.74. The fraction of sp³-hybridized carbons (Fsp3) is 0.167. The maximum Gasteiger partial charge on any atom is 3.00 e. The van der Waals surface area contributed by atoms with Crippen LogP contribution in [0.1, 0.15) is 47.1 Å². The Hall–Kier alpha value is -2.22. The van der Waals surface area contributed by atoms with Crippen LogP contribution in [0.5, 0.6) is 0 Å². The molecule has 198 valence electrons. The van der Waals surface area contributed by atoms with Gasteiger partial charge in [0.25, 0.3) is 0 Å². The van der Waals surface area contributed by atoms with Gasteiger partial charge in [0.15, 0.2) is 0 Å². The number of benzene rings is 5. The van der Waals surface area contributed by atoms with Crippen LogP contribution in [0.25, 0.3) is 39.1 Å². The first kappa shape index (κ1) is 32.3. The Labute approximate surface area is 273 Å². The predicted molar refractivity (Wildman–Crippen MR) is 162 cm³/mol. The van der Waals surface area contributed by atoms with E-state index in [1.165, 1.54) is 66.4 Å². The van der Waals surface area contributed by atoms with Crippen LogP contribution < -0.4 is 24.8 Å². The second kappa shape index (κ2) is 14.1. The van der Waals surface area contributed by atoms with E-state index >= 15 is 0 Å². The average molecular weight is 655 g/mol. The molecule has 1 unspecified atom stereocenters. The first-order valence-corrected chi connectivity index (χ1v) is 15.7. The molecule has 5 aromatic carbocycles. The van der Waals surface area contributed by atoms with Crippen LogP contribution in [0.2, 0.25) is 13.1 Å². The van der Waals surface area contributed by atoms with Crippen molar-refractivity contribution in [1.82, 2.24) is 0 Å². The smallest absolute Gasteiger partial charge is 1.00 e. The summed E-state index contributed by atoms with van der Waals surface area (Å²) in [6, 6.07) is 39.2. The molecule has 1 atom stereocenters. The zero-order valence-electron chi connectivity index (χ0n) is 23.1. The molecule has 0 aliphatic heterocycles. The number of hydrogen-bond acceptors (Lipinski definition) is 0. The summed E-state index contributed by atoms with van der Waals surface area (Å²) in [7, 11) is 0.750. The van der Waals surface area contributed by atoms with Crippen molar-refractivity contribution in [1.29, 1.82) is 0 Å². The molecule has 0 amide bonds. The second-order valence-corrected chi connectivity index (χ2v) is 11.2. The van der Waals surface area contributed by atoms with Gasteiger partial charge in [-0.05, 0) is 57.0 Å². The van der Waals surface area contributed by atoms with E-state index in [1.807, 2.05) is 0 Å². The molecule has 0 saturated carbocycles. The van der Waals surface area contributed by atoms with E-state index < -0.39 is 0 Å². The van der Waals surface area contributed by atoms with E-state index in [0.717, 1.165) is 22.4 Å². The van der Waals surface area contributed by atoms with Crippen LogP contribution in [-0.4, -0.2) is 9.52 Å². The van der Waals surface area contributed by atoms with Crippen molar-refractivity contribution < 1.29 is 51.0 Å². The Morgan fingerprint density at radius 2 is 1.40 bits per heavy atom. The van der Waals surface area contributed by atoms with Crippen LogP contribution >= 0.6 is 0 Å². The maximum absolute atomic E-state index is 3.70. The van der Waals surface area contributed by atoms with Crippen molar-refractivity contribution in [3.8, 4) is 22.3 Å². The quantitative estimate of drug-likeness (QED) is 0.203. The summed E-state index contributed by atoms with van der Waals surface area (Å²) in [5.74, 6) is 0.277. The largest absolute Gasteiger partial charge is 3.00 e. The summed E-state index contributed by atoms with van der Waals surface area (Å²) in [6.07, 6.45) is 4.51. The van der Waals surface area contributed by atoms with Gasteiger partial charge in [0.05, 0.1) is 0 Å². The van der Waals surface area contributed by atoms with Gasteiger partial charge in [0, 0.05) is 15.4 Å². The van der Waals surface area contributed by atoms with E-state index in [2.05, 4.69) is 129 Å². The molecule has 7 rings (SSSR count). The summed E-state index contributed by atoms with van der Waals surface area (Å²) in [6.45, 7) is 6.71. The Kier molecular flexibility index (Phi) is 11.4. The molecule has 0 N–H and O–H groups in total. The molecule has 2 aliphatic rings. The predicted octanol–water partition coefficient (Wildman–Crippen LogP) is 3.34. The van der Waals surface area contributed by atoms with Gasteiger partial charge in [-0.2, -0.15) is 18.2 Å². The number of hydrogen-bond donors (Lipinski definition) is 0. The summed E-state index contributed by atoms with van der Waals surface area (Å²) >= 11 is 0. The van der Waals surface area contributed by atoms with E-state index in [4.69, 9.17) is 0 Å². The summed E-state index contributed by atoms with van der Waals surface area (Å²) in [4.78, 5) is 0. The standard InChI is InChI=1S/C34H25.C2H7Si.2ClH.Zr/c1-2-22-20-32-29(27-15-7-12-23-10-3-5-13-25(23)27)17-9-19-30(32)34(22)31-18-8-16-28-26-14-6-4-11-24(26)21-33(28)31;1-3-2;;;/h3-17,19-20,34H,2,21H2,1H3;3H,1-2H3;2*1H;/q-1;;;;+3/p-2. The Bertz CT molecular complexity index is 1650. The third-order valence-corrected chi connectivity index (χ3v) is 7.74. The molecule has 4 heteroatoms. The molecule has 5 aromatic rings. The van der Waals surface area contributed by atoms with E-state index in [0.29, 0.717) is 0 Å². The first-order valence-electron chi connectivity index (χ1n) is 13.4. The van der Waals surface area contributed by atoms with Crippen LogP contribution in [0.4, 0.5) is 0 Å². The molecule has 40 heavy (non-hydrogen) atoms. The van der Waals surface area contributed by atoms with E-state index in [-0.39, 0.29) is 56.9 Å². The molecule has 2 aliphatic carbocycles. The van der Waals surface area contributed by atoms with Crippen molar-refractivity contribution >= 4 is 26.4 Å². The average Bonchev–Trinajstić information content (AvgIpc) is 3.51. The molecule has 0 fully saturated rings. The van der Waals surface area contributed by atoms with Crippen LogP contribution in [0, 0.1) is 6.07 Å². The Morgan fingerprint density at radius 1 is 0.750 bits per heavy atom. The van der Waals surface area contributed by atoms with Crippen molar-refractivity contribution in [3.63, 3.8) is 0 Å². The van der Waals surface area contributed by atoms with Crippen molar-refractivity contribution in [2.75, 3.05) is 0 Å². The molecule has 0 bridgehead atoms. The molecule has 0 spiro atoms. The number of rotatable bonds is 3. The Morgan fingerprint density at radius 3 is 2.20 bits per heavy atom. The SMILES string of the molecule is CCC1=Cc2c(-c3cccc4ccccc34)cccc2C1c1[c-]ccc2c1Cc1ccccc1-2.C[SiH]C.[Cl-].[Cl-].[Zr+3]. The zero-order chi connectivity index (χ0) is 25.4. The number of allylic oxidation sites excluding steroid dienone is 1. The fourth-order valence-corrected chi connectivity index (χ4v) is 6.18. The normalized spacial score (nSPS) is 13.8. The summed E-state index contributed by atoms with van der Waals surface area (Å²) < 4.78 is 0. The topological polar surface area (TPSA) is 0 Å². The van der Waals surface area contributed by atoms with Crippen LogP contribution in [0.15, 0.2) is 103 Å².